The summed E-state index contributed by atoms with van der Waals surface area (Å²) in [6, 6.07) is 9.10. The summed E-state index contributed by atoms with van der Waals surface area (Å²) < 4.78 is 24.4. The number of carbonyl (C=O) groups is 1. The second kappa shape index (κ2) is 9.73. The largest absolute Gasteiger partial charge is 0.493 e. The quantitative estimate of drug-likeness (QED) is 0.349. The van der Waals surface area contributed by atoms with Crippen molar-refractivity contribution in [2.24, 2.45) is 0 Å². The number of nitrogens with one attached hydrogen (secondary N) is 1. The number of methoxy groups -OCH3 is 2. The molecule has 3 aromatic heterocycles. The summed E-state index contributed by atoms with van der Waals surface area (Å²) in [4.78, 5) is 21.7. The Morgan fingerprint density at radius 2 is 1.81 bits per heavy atom. The Balaban J connectivity index is 1.33. The number of ether oxygens (including phenoxy) is 4. The molecule has 1 fully saturated rings. The minimum atomic E-state index is -0.382. The molecule has 0 spiro atoms. The second-order valence-corrected chi connectivity index (χ2v) is 8.69. The molecule has 0 saturated heterocycles. The van der Waals surface area contributed by atoms with Gasteiger partial charge in [-0.05, 0) is 51.0 Å². The molecular formula is C26H27N5O5. The molecule has 1 amide bonds. The normalized spacial score (nSPS) is 13.0. The average Bonchev–Trinajstić information content (AvgIpc) is 3.64. The Kier molecular flexibility index (Phi) is 6.32. The molecule has 1 N–H and O–H groups in total. The van der Waals surface area contributed by atoms with Crippen LogP contribution in [0.2, 0.25) is 0 Å². The molecular weight excluding hydrogens is 462 g/mol. The van der Waals surface area contributed by atoms with Crippen molar-refractivity contribution in [1.82, 2.24) is 19.7 Å². The molecule has 1 aliphatic rings. The summed E-state index contributed by atoms with van der Waals surface area (Å²) >= 11 is 0. The van der Waals surface area contributed by atoms with Crippen LogP contribution in [0.15, 0.2) is 48.9 Å². The number of hydrogen-bond donors (Lipinski definition) is 1. The van der Waals surface area contributed by atoms with Crippen LogP contribution in [0.1, 0.15) is 43.2 Å². The van der Waals surface area contributed by atoms with E-state index < -0.39 is 0 Å². The lowest BCUT2D eigenvalue weighted by Gasteiger charge is -2.12. The van der Waals surface area contributed by atoms with Crippen LogP contribution in [0.3, 0.4) is 0 Å². The minimum absolute atomic E-state index is 0.0757. The van der Waals surface area contributed by atoms with Crippen molar-refractivity contribution >= 4 is 22.6 Å². The zero-order valence-corrected chi connectivity index (χ0v) is 20.5. The van der Waals surface area contributed by atoms with Crippen molar-refractivity contribution in [1.29, 1.82) is 0 Å². The van der Waals surface area contributed by atoms with Crippen molar-refractivity contribution < 1.29 is 23.7 Å². The van der Waals surface area contributed by atoms with Gasteiger partial charge in [0.1, 0.15) is 17.3 Å². The zero-order valence-electron chi connectivity index (χ0n) is 20.5. The van der Waals surface area contributed by atoms with Crippen LogP contribution in [-0.2, 0) is 0 Å². The lowest BCUT2D eigenvalue weighted by molar-refractivity contribution is 0.101. The second-order valence-electron chi connectivity index (χ2n) is 8.69. The van der Waals surface area contributed by atoms with Gasteiger partial charge in [-0.2, -0.15) is 5.10 Å². The van der Waals surface area contributed by atoms with E-state index in [0.29, 0.717) is 46.1 Å². The van der Waals surface area contributed by atoms with Gasteiger partial charge in [-0.3, -0.25) is 14.5 Å². The Labute approximate surface area is 208 Å². The van der Waals surface area contributed by atoms with Crippen molar-refractivity contribution in [3.05, 3.63) is 54.6 Å². The number of carbonyl (C=O) groups excluding carboxylic acids is 1. The van der Waals surface area contributed by atoms with E-state index in [9.17, 15) is 4.79 Å². The lowest BCUT2D eigenvalue weighted by Crippen LogP contribution is -2.16. The number of pyridine rings is 2. The molecule has 3 heterocycles. The van der Waals surface area contributed by atoms with Gasteiger partial charge < -0.3 is 24.3 Å². The average molecular weight is 490 g/mol. The van der Waals surface area contributed by atoms with Gasteiger partial charge in [0.05, 0.1) is 44.3 Å². The molecule has 1 saturated carbocycles. The van der Waals surface area contributed by atoms with Crippen LogP contribution in [0.5, 0.6) is 28.7 Å². The topological polar surface area (TPSA) is 110 Å². The number of nitrogens with zero attached hydrogens (tertiary/aromatic N) is 4. The first-order valence-corrected chi connectivity index (χ1v) is 11.7. The number of amides is 1. The van der Waals surface area contributed by atoms with E-state index in [-0.39, 0.29) is 17.7 Å². The molecule has 0 bridgehead atoms. The van der Waals surface area contributed by atoms with Gasteiger partial charge in [-0.25, -0.2) is 4.98 Å². The molecule has 186 valence electrons. The van der Waals surface area contributed by atoms with Crippen molar-refractivity contribution in [2.45, 2.75) is 38.8 Å². The highest BCUT2D eigenvalue weighted by Gasteiger charge is 2.28. The number of rotatable bonds is 9. The number of fused-ring (bicyclic) bond motifs is 1. The van der Waals surface area contributed by atoms with Crippen LogP contribution in [0.25, 0.3) is 10.9 Å². The third-order valence-electron chi connectivity index (χ3n) is 5.61. The molecule has 36 heavy (non-hydrogen) atoms. The Hall–Kier alpha value is -4.34. The van der Waals surface area contributed by atoms with Gasteiger partial charge in [-0.15, -0.1) is 0 Å². The van der Waals surface area contributed by atoms with Crippen LogP contribution in [0, 0.1) is 0 Å². The van der Waals surface area contributed by atoms with Crippen LogP contribution in [-0.4, -0.2) is 46.0 Å². The minimum Gasteiger partial charge on any atom is -0.493 e. The van der Waals surface area contributed by atoms with Gasteiger partial charge in [0, 0.05) is 17.6 Å². The molecule has 5 rings (SSSR count). The predicted molar refractivity (Wildman–Crippen MR) is 133 cm³/mol. The van der Waals surface area contributed by atoms with E-state index in [0.717, 1.165) is 18.2 Å². The van der Waals surface area contributed by atoms with E-state index in [1.165, 1.54) is 6.20 Å². The molecule has 1 aliphatic carbocycles. The summed E-state index contributed by atoms with van der Waals surface area (Å²) in [6.45, 7) is 3.82. The molecule has 0 atom stereocenters. The van der Waals surface area contributed by atoms with Crippen LogP contribution in [0.4, 0.5) is 5.82 Å². The first-order valence-electron chi connectivity index (χ1n) is 11.7. The summed E-state index contributed by atoms with van der Waals surface area (Å²) in [5.74, 6) is 2.69. The van der Waals surface area contributed by atoms with Crippen LogP contribution < -0.4 is 24.3 Å². The van der Waals surface area contributed by atoms with Gasteiger partial charge in [0.2, 0.25) is 0 Å². The molecule has 0 unspecified atom stereocenters. The third-order valence-corrected chi connectivity index (χ3v) is 5.61. The fraction of sp³-hybridized carbons (Fsp3) is 0.308. The fourth-order valence-electron chi connectivity index (χ4n) is 3.75. The summed E-state index contributed by atoms with van der Waals surface area (Å²) in [7, 11) is 3.15. The highest BCUT2D eigenvalue weighted by molar-refractivity contribution is 6.04. The maximum Gasteiger partial charge on any atom is 0.281 e. The Bertz CT molecular complexity index is 1400. The highest BCUT2D eigenvalue weighted by Crippen LogP contribution is 2.37. The van der Waals surface area contributed by atoms with Gasteiger partial charge in [0.25, 0.3) is 5.91 Å². The lowest BCUT2D eigenvalue weighted by atomic mass is 10.2. The molecule has 10 nitrogen and oxygen atoms in total. The maximum absolute atomic E-state index is 12.9. The molecule has 0 radical (unpaired) electrons. The SMILES string of the molecule is COc1cc2nccc(Oc3ccc(NC(=O)c4nn(C5CC5)cc4OC(C)C)nc3)c2cc1OC. The zero-order chi connectivity index (χ0) is 25.2. The molecule has 4 aromatic rings. The molecule has 10 heteroatoms. The number of benzene rings is 1. The first-order chi connectivity index (χ1) is 17.4. The predicted octanol–water partition coefficient (Wildman–Crippen LogP) is 5.01. The van der Waals surface area contributed by atoms with E-state index >= 15 is 0 Å². The van der Waals surface area contributed by atoms with E-state index in [1.54, 1.807) is 55.6 Å². The third kappa shape index (κ3) is 4.88. The van der Waals surface area contributed by atoms with E-state index in [2.05, 4.69) is 20.4 Å². The Morgan fingerprint density at radius 1 is 1.03 bits per heavy atom. The summed E-state index contributed by atoms with van der Waals surface area (Å²) in [5, 5.41) is 8.00. The van der Waals surface area contributed by atoms with E-state index in [4.69, 9.17) is 18.9 Å². The monoisotopic (exact) mass is 489 g/mol. The van der Waals surface area contributed by atoms with Crippen molar-refractivity contribution in [3.8, 4) is 28.7 Å². The molecule has 1 aromatic carbocycles. The number of aromatic nitrogens is 4. The fourth-order valence-corrected chi connectivity index (χ4v) is 3.75. The van der Waals surface area contributed by atoms with Crippen molar-refractivity contribution in [2.75, 3.05) is 19.5 Å². The number of anilines is 1. The van der Waals surface area contributed by atoms with E-state index in [1.807, 2.05) is 19.9 Å². The van der Waals surface area contributed by atoms with Gasteiger partial charge in [-0.1, -0.05) is 0 Å². The Morgan fingerprint density at radius 3 is 2.47 bits per heavy atom. The summed E-state index contributed by atoms with van der Waals surface area (Å²) in [5.41, 5.74) is 0.942. The smallest absolute Gasteiger partial charge is 0.281 e. The van der Waals surface area contributed by atoms with Crippen LogP contribution >= 0.6 is 0 Å². The standard InChI is InChI=1S/C26H27N5O5/c1-15(2)35-23-14-31(16-5-6-16)30-25(23)26(32)29-24-8-7-17(13-28-24)36-20-9-10-27-19-12-22(34-4)21(33-3)11-18(19)20/h7-16H,5-6H2,1-4H3,(H,28,29,32). The summed E-state index contributed by atoms with van der Waals surface area (Å²) in [6.07, 6.45) is 7.02. The first kappa shape index (κ1) is 23.4. The highest BCUT2D eigenvalue weighted by atomic mass is 16.5. The molecule has 0 aliphatic heterocycles. The maximum atomic E-state index is 12.9. The van der Waals surface area contributed by atoms with Gasteiger partial charge >= 0.3 is 0 Å². The van der Waals surface area contributed by atoms with Crippen molar-refractivity contribution in [3.63, 3.8) is 0 Å². The number of hydrogen-bond acceptors (Lipinski definition) is 8. The van der Waals surface area contributed by atoms with Gasteiger partial charge in [0.15, 0.2) is 22.9 Å².